The molecule has 0 aliphatic carbocycles. The Hall–Kier alpha value is -1.94. The number of aryl methyl sites for hydroxylation is 1. The van der Waals surface area contributed by atoms with E-state index in [9.17, 15) is 4.79 Å². The van der Waals surface area contributed by atoms with E-state index in [0.717, 1.165) is 28.3 Å². The lowest BCUT2D eigenvalue weighted by Gasteiger charge is -2.12. The second-order valence-corrected chi connectivity index (χ2v) is 7.18. The second kappa shape index (κ2) is 8.63. The Kier molecular flexibility index (Phi) is 6.53. The van der Waals surface area contributed by atoms with Crippen LogP contribution in [0.25, 0.3) is 0 Å². The van der Waals surface area contributed by atoms with Crippen molar-refractivity contribution in [3.8, 4) is 5.75 Å². The van der Waals surface area contributed by atoms with Crippen molar-refractivity contribution in [1.29, 1.82) is 0 Å². The summed E-state index contributed by atoms with van der Waals surface area (Å²) in [6.07, 6.45) is 1.18. The number of nitrogens with one attached hydrogen (secondary N) is 1. The van der Waals surface area contributed by atoms with E-state index in [1.165, 1.54) is 0 Å². The zero-order valence-electron chi connectivity index (χ0n) is 13.8. The van der Waals surface area contributed by atoms with Gasteiger partial charge in [0.2, 0.25) is 5.91 Å². The van der Waals surface area contributed by atoms with Crippen LogP contribution >= 0.6 is 11.8 Å². The van der Waals surface area contributed by atoms with Gasteiger partial charge in [0.25, 0.3) is 0 Å². The van der Waals surface area contributed by atoms with Crippen LogP contribution in [0.1, 0.15) is 25.8 Å². The first kappa shape index (κ1) is 17.4. The smallest absolute Gasteiger partial charge is 0.224 e. The highest BCUT2D eigenvalue weighted by Crippen LogP contribution is 2.30. The van der Waals surface area contributed by atoms with E-state index in [-0.39, 0.29) is 5.91 Å². The molecule has 1 amide bonds. The fourth-order valence-electron chi connectivity index (χ4n) is 2.19. The summed E-state index contributed by atoms with van der Waals surface area (Å²) in [5, 5.41) is 3.50. The van der Waals surface area contributed by atoms with Crippen molar-refractivity contribution in [2.24, 2.45) is 0 Å². The van der Waals surface area contributed by atoms with Gasteiger partial charge in [-0.05, 0) is 36.2 Å². The molecule has 0 fully saturated rings. The van der Waals surface area contributed by atoms with Crippen LogP contribution in [-0.2, 0) is 11.2 Å². The van der Waals surface area contributed by atoms with Gasteiger partial charge in [0.15, 0.2) is 0 Å². The summed E-state index contributed by atoms with van der Waals surface area (Å²) in [6.45, 7) is 4.29. The number of hydrogen-bond donors (Lipinski definition) is 1. The predicted molar refractivity (Wildman–Crippen MR) is 97.4 cm³/mol. The minimum absolute atomic E-state index is 0.0395. The molecule has 0 aliphatic rings. The van der Waals surface area contributed by atoms with E-state index in [4.69, 9.17) is 4.74 Å². The highest BCUT2D eigenvalue weighted by Gasteiger charge is 2.08. The van der Waals surface area contributed by atoms with Crippen molar-refractivity contribution in [3.05, 3.63) is 54.1 Å². The summed E-state index contributed by atoms with van der Waals surface area (Å²) in [4.78, 5) is 13.3. The highest BCUT2D eigenvalue weighted by molar-refractivity contribution is 8.00. The van der Waals surface area contributed by atoms with Crippen LogP contribution < -0.4 is 10.1 Å². The number of carbonyl (C=O) groups is 1. The average Bonchev–Trinajstić information content (AvgIpc) is 2.55. The lowest BCUT2D eigenvalue weighted by Crippen LogP contribution is -2.13. The van der Waals surface area contributed by atoms with Gasteiger partial charge < -0.3 is 10.1 Å². The Bertz CT molecular complexity index is 638. The summed E-state index contributed by atoms with van der Waals surface area (Å²) in [5.74, 6) is 0.871. The molecule has 3 nitrogen and oxygen atoms in total. The standard InChI is InChI=1S/C19H23NO2S/c1-14(2)23-18-7-5-4-6-17(18)20-19(21)13-10-15-8-11-16(22-3)12-9-15/h4-9,11-12,14H,10,13H2,1-3H3,(H,20,21). The highest BCUT2D eigenvalue weighted by atomic mass is 32.2. The third kappa shape index (κ3) is 5.64. The topological polar surface area (TPSA) is 38.3 Å². The number of ether oxygens (including phenoxy) is 1. The van der Waals surface area contributed by atoms with Crippen molar-refractivity contribution in [3.63, 3.8) is 0 Å². The second-order valence-electron chi connectivity index (χ2n) is 5.56. The lowest BCUT2D eigenvalue weighted by molar-refractivity contribution is -0.116. The molecule has 122 valence electrons. The van der Waals surface area contributed by atoms with Gasteiger partial charge in [0.1, 0.15) is 5.75 Å². The Morgan fingerprint density at radius 3 is 2.48 bits per heavy atom. The van der Waals surface area contributed by atoms with E-state index in [1.54, 1.807) is 18.9 Å². The molecule has 0 atom stereocenters. The number of para-hydroxylation sites is 1. The van der Waals surface area contributed by atoms with Gasteiger partial charge in [-0.25, -0.2) is 0 Å². The Balaban J connectivity index is 1.91. The molecular weight excluding hydrogens is 306 g/mol. The molecule has 0 bridgehead atoms. The van der Waals surface area contributed by atoms with Crippen molar-refractivity contribution in [1.82, 2.24) is 0 Å². The molecular formula is C19H23NO2S. The van der Waals surface area contributed by atoms with Crippen molar-refractivity contribution in [2.75, 3.05) is 12.4 Å². The van der Waals surface area contributed by atoms with Crippen LogP contribution in [0.4, 0.5) is 5.69 Å². The fourth-order valence-corrected chi connectivity index (χ4v) is 3.10. The molecule has 0 radical (unpaired) electrons. The Labute approximate surface area is 142 Å². The molecule has 0 spiro atoms. The molecule has 4 heteroatoms. The maximum atomic E-state index is 12.2. The molecule has 0 unspecified atom stereocenters. The molecule has 23 heavy (non-hydrogen) atoms. The summed E-state index contributed by atoms with van der Waals surface area (Å²) in [7, 11) is 1.65. The molecule has 0 aliphatic heterocycles. The number of hydrogen-bond acceptors (Lipinski definition) is 3. The van der Waals surface area contributed by atoms with E-state index in [1.807, 2.05) is 48.5 Å². The number of rotatable bonds is 7. The predicted octanol–water partition coefficient (Wildman–Crippen LogP) is 4.77. The average molecular weight is 329 g/mol. The largest absolute Gasteiger partial charge is 0.497 e. The first-order valence-electron chi connectivity index (χ1n) is 7.77. The third-order valence-electron chi connectivity index (χ3n) is 3.32. The van der Waals surface area contributed by atoms with Crippen LogP contribution in [0, 0.1) is 0 Å². The molecule has 0 saturated heterocycles. The maximum absolute atomic E-state index is 12.2. The van der Waals surface area contributed by atoms with Gasteiger partial charge in [-0.2, -0.15) is 0 Å². The number of amides is 1. The molecule has 0 saturated carbocycles. The summed E-state index contributed by atoms with van der Waals surface area (Å²) in [6, 6.07) is 15.8. The van der Waals surface area contributed by atoms with Gasteiger partial charge >= 0.3 is 0 Å². The minimum atomic E-state index is 0.0395. The minimum Gasteiger partial charge on any atom is -0.497 e. The molecule has 1 N–H and O–H groups in total. The van der Waals surface area contributed by atoms with E-state index < -0.39 is 0 Å². The van der Waals surface area contributed by atoms with Crippen molar-refractivity contribution in [2.45, 2.75) is 36.8 Å². The van der Waals surface area contributed by atoms with Crippen LogP contribution in [0.15, 0.2) is 53.4 Å². The van der Waals surface area contributed by atoms with Gasteiger partial charge in [0, 0.05) is 16.6 Å². The van der Waals surface area contributed by atoms with Gasteiger partial charge in [0.05, 0.1) is 12.8 Å². The normalized spacial score (nSPS) is 10.6. The van der Waals surface area contributed by atoms with E-state index in [0.29, 0.717) is 11.7 Å². The van der Waals surface area contributed by atoms with Crippen molar-refractivity contribution >= 4 is 23.4 Å². The first-order valence-corrected chi connectivity index (χ1v) is 8.65. The number of carbonyl (C=O) groups excluding carboxylic acids is 1. The molecule has 2 rings (SSSR count). The Morgan fingerprint density at radius 2 is 1.83 bits per heavy atom. The number of methoxy groups -OCH3 is 1. The molecule has 0 heterocycles. The number of thioether (sulfide) groups is 1. The van der Waals surface area contributed by atoms with Crippen molar-refractivity contribution < 1.29 is 9.53 Å². The SMILES string of the molecule is COc1ccc(CCC(=O)Nc2ccccc2SC(C)C)cc1. The summed E-state index contributed by atoms with van der Waals surface area (Å²) >= 11 is 1.76. The summed E-state index contributed by atoms with van der Waals surface area (Å²) < 4.78 is 5.14. The first-order chi connectivity index (χ1) is 11.1. The Morgan fingerprint density at radius 1 is 1.13 bits per heavy atom. The van der Waals surface area contributed by atoms with Crippen LogP contribution in [0.3, 0.4) is 0 Å². The van der Waals surface area contributed by atoms with E-state index in [2.05, 4.69) is 19.2 Å². The number of anilines is 1. The lowest BCUT2D eigenvalue weighted by atomic mass is 10.1. The number of benzene rings is 2. The van der Waals surface area contributed by atoms with E-state index >= 15 is 0 Å². The monoisotopic (exact) mass is 329 g/mol. The van der Waals surface area contributed by atoms with Gasteiger partial charge in [-0.1, -0.05) is 38.1 Å². The van der Waals surface area contributed by atoms with Gasteiger partial charge in [-0.3, -0.25) is 4.79 Å². The molecule has 0 aromatic heterocycles. The van der Waals surface area contributed by atoms with Crippen LogP contribution in [-0.4, -0.2) is 18.3 Å². The van der Waals surface area contributed by atoms with Crippen LogP contribution in [0.2, 0.25) is 0 Å². The van der Waals surface area contributed by atoms with Crippen LogP contribution in [0.5, 0.6) is 5.75 Å². The quantitative estimate of drug-likeness (QED) is 0.744. The third-order valence-corrected chi connectivity index (χ3v) is 4.40. The zero-order chi connectivity index (χ0) is 16.7. The molecule has 2 aromatic carbocycles. The van der Waals surface area contributed by atoms with Gasteiger partial charge in [-0.15, -0.1) is 11.8 Å². The maximum Gasteiger partial charge on any atom is 0.224 e. The summed E-state index contributed by atoms with van der Waals surface area (Å²) in [5.41, 5.74) is 2.02. The zero-order valence-corrected chi connectivity index (χ0v) is 14.7. The molecule has 2 aromatic rings. The fraction of sp³-hybridized carbons (Fsp3) is 0.316.